The minimum atomic E-state index is -0.302. The van der Waals surface area contributed by atoms with Crippen molar-refractivity contribution in [3.05, 3.63) is 42.2 Å². The molecule has 0 spiro atoms. The van der Waals surface area contributed by atoms with Gasteiger partial charge < -0.3 is 19.7 Å². The zero-order valence-electron chi connectivity index (χ0n) is 16.8. The fraction of sp³-hybridized carbons (Fsp3) is 0.417. The van der Waals surface area contributed by atoms with Crippen molar-refractivity contribution in [1.29, 1.82) is 0 Å². The van der Waals surface area contributed by atoms with Crippen LogP contribution in [-0.2, 0) is 9.59 Å². The van der Waals surface area contributed by atoms with Gasteiger partial charge in [0.2, 0.25) is 0 Å². The summed E-state index contributed by atoms with van der Waals surface area (Å²) in [5.41, 5.74) is 7.19. The Morgan fingerprint density at radius 1 is 1.24 bits per heavy atom. The van der Waals surface area contributed by atoms with Gasteiger partial charge in [-0.05, 0) is 61.2 Å². The van der Waals surface area contributed by atoms with Crippen LogP contribution >= 0.6 is 0 Å². The Bertz CT molecular complexity index is 1050. The van der Waals surface area contributed by atoms with E-state index >= 15 is 0 Å². The number of benzene rings is 2. The molecular formula is C24H27NO4. The minimum absolute atomic E-state index is 0.107. The smallest absolute Gasteiger partial charge is 0.143 e. The fourth-order valence-corrected chi connectivity index (χ4v) is 4.17. The van der Waals surface area contributed by atoms with Gasteiger partial charge in [-0.3, -0.25) is 4.79 Å². The predicted octanol–water partition coefficient (Wildman–Crippen LogP) is 4.75. The Morgan fingerprint density at radius 3 is 2.76 bits per heavy atom. The molecule has 1 aliphatic carbocycles. The molecule has 1 aliphatic rings. The molecule has 1 saturated carbocycles. The van der Waals surface area contributed by atoms with Crippen molar-refractivity contribution in [3.63, 3.8) is 0 Å². The number of fused-ring (bicyclic) bond motifs is 3. The Hall–Kier alpha value is -2.66. The van der Waals surface area contributed by atoms with E-state index in [1.807, 2.05) is 30.3 Å². The largest absolute Gasteiger partial charge is 0.492 e. The number of rotatable bonds is 9. The molecule has 1 unspecified atom stereocenters. The second-order valence-corrected chi connectivity index (χ2v) is 7.97. The number of ether oxygens (including phenoxy) is 1. The van der Waals surface area contributed by atoms with E-state index in [1.165, 1.54) is 0 Å². The van der Waals surface area contributed by atoms with E-state index in [4.69, 9.17) is 14.9 Å². The number of carbonyl (C=O) groups is 2. The van der Waals surface area contributed by atoms with E-state index in [0.29, 0.717) is 26.0 Å². The van der Waals surface area contributed by atoms with Crippen molar-refractivity contribution in [3.8, 4) is 5.75 Å². The van der Waals surface area contributed by atoms with Crippen LogP contribution in [-0.4, -0.2) is 24.7 Å². The van der Waals surface area contributed by atoms with E-state index in [-0.39, 0.29) is 23.4 Å². The SMILES string of the molecule is CC(=O)CCC(C(=O)C1CCC1)c1coc2ccc3cc(OCCN)ccc3c12. The predicted molar refractivity (Wildman–Crippen MR) is 113 cm³/mol. The summed E-state index contributed by atoms with van der Waals surface area (Å²) in [7, 11) is 0. The van der Waals surface area contributed by atoms with E-state index in [9.17, 15) is 9.59 Å². The number of hydrogen-bond donors (Lipinski definition) is 1. The lowest BCUT2D eigenvalue weighted by atomic mass is 9.74. The van der Waals surface area contributed by atoms with Crippen LogP contribution in [0.5, 0.6) is 5.75 Å². The van der Waals surface area contributed by atoms with E-state index in [2.05, 4.69) is 0 Å². The maximum Gasteiger partial charge on any atom is 0.143 e. The average molecular weight is 393 g/mol. The molecular weight excluding hydrogens is 366 g/mol. The molecule has 1 heterocycles. The van der Waals surface area contributed by atoms with Crippen LogP contribution in [0.15, 0.2) is 41.0 Å². The van der Waals surface area contributed by atoms with Crippen LogP contribution in [0.2, 0.25) is 0 Å². The Morgan fingerprint density at radius 2 is 2.07 bits per heavy atom. The summed E-state index contributed by atoms with van der Waals surface area (Å²) in [4.78, 5) is 24.8. The summed E-state index contributed by atoms with van der Waals surface area (Å²) in [5.74, 6) is 0.939. The Labute approximate surface area is 170 Å². The van der Waals surface area contributed by atoms with E-state index in [0.717, 1.165) is 52.3 Å². The Kier molecular flexibility index (Phi) is 5.67. The van der Waals surface area contributed by atoms with Gasteiger partial charge in [0.15, 0.2) is 0 Å². The zero-order chi connectivity index (χ0) is 20.4. The van der Waals surface area contributed by atoms with Gasteiger partial charge in [0.25, 0.3) is 0 Å². The van der Waals surface area contributed by atoms with Gasteiger partial charge in [0.05, 0.1) is 6.26 Å². The first kappa shape index (κ1) is 19.6. The summed E-state index contributed by atoms with van der Waals surface area (Å²) in [5, 5.41) is 3.02. The molecule has 0 amide bonds. The van der Waals surface area contributed by atoms with Gasteiger partial charge in [-0.1, -0.05) is 12.5 Å². The summed E-state index contributed by atoms with van der Waals surface area (Å²) in [6.45, 7) is 2.51. The Balaban J connectivity index is 1.78. The molecule has 0 radical (unpaired) electrons. The second-order valence-electron chi connectivity index (χ2n) is 7.97. The highest BCUT2D eigenvalue weighted by Crippen LogP contribution is 2.40. The van der Waals surface area contributed by atoms with Crippen molar-refractivity contribution in [2.45, 2.75) is 44.9 Å². The summed E-state index contributed by atoms with van der Waals surface area (Å²) in [6, 6.07) is 9.85. The normalized spacial score (nSPS) is 15.4. The topological polar surface area (TPSA) is 82.5 Å². The van der Waals surface area contributed by atoms with Gasteiger partial charge in [0, 0.05) is 35.8 Å². The van der Waals surface area contributed by atoms with Crippen molar-refractivity contribution in [2.75, 3.05) is 13.2 Å². The molecule has 2 aromatic carbocycles. The standard InChI is InChI=1S/C24H27NO4/c1-15(26)5-8-20(24(27)16-3-2-4-16)21-14-29-22-10-6-17-13-18(28-12-11-25)7-9-19(17)23(21)22/h6-7,9-10,13-14,16,20H,2-5,8,11-12,25H2,1H3. The lowest BCUT2D eigenvalue weighted by molar-refractivity contribution is -0.127. The van der Waals surface area contributed by atoms with Crippen LogP contribution in [0, 0.1) is 5.92 Å². The molecule has 3 aromatic rings. The minimum Gasteiger partial charge on any atom is -0.492 e. The zero-order valence-corrected chi connectivity index (χ0v) is 16.8. The number of ketones is 2. The third-order valence-electron chi connectivity index (χ3n) is 5.95. The first-order valence-corrected chi connectivity index (χ1v) is 10.4. The quantitative estimate of drug-likeness (QED) is 0.567. The molecule has 1 aromatic heterocycles. The molecule has 29 heavy (non-hydrogen) atoms. The average Bonchev–Trinajstić information content (AvgIpc) is 3.09. The van der Waals surface area contributed by atoms with Crippen LogP contribution < -0.4 is 10.5 Å². The van der Waals surface area contributed by atoms with Gasteiger partial charge in [-0.2, -0.15) is 0 Å². The van der Waals surface area contributed by atoms with E-state index in [1.54, 1.807) is 13.2 Å². The fourth-order valence-electron chi connectivity index (χ4n) is 4.17. The highest BCUT2D eigenvalue weighted by Gasteiger charge is 2.34. The van der Waals surface area contributed by atoms with Crippen LogP contribution in [0.4, 0.5) is 0 Å². The van der Waals surface area contributed by atoms with Gasteiger partial charge in [0.1, 0.15) is 29.5 Å². The van der Waals surface area contributed by atoms with Crippen LogP contribution in [0.25, 0.3) is 21.7 Å². The summed E-state index contributed by atoms with van der Waals surface area (Å²) in [6.07, 6.45) is 5.66. The molecule has 0 aliphatic heterocycles. The first-order valence-electron chi connectivity index (χ1n) is 10.4. The third-order valence-corrected chi connectivity index (χ3v) is 5.95. The highest BCUT2D eigenvalue weighted by atomic mass is 16.5. The maximum absolute atomic E-state index is 13.2. The molecule has 0 saturated heterocycles. The molecule has 152 valence electrons. The van der Waals surface area contributed by atoms with Crippen molar-refractivity contribution in [1.82, 2.24) is 0 Å². The third kappa shape index (κ3) is 3.92. The number of Topliss-reactive ketones (excluding diaryl/α,β-unsaturated/α-hetero) is 2. The molecule has 1 fully saturated rings. The summed E-state index contributed by atoms with van der Waals surface area (Å²) >= 11 is 0. The van der Waals surface area contributed by atoms with E-state index < -0.39 is 0 Å². The first-order chi connectivity index (χ1) is 14.1. The summed E-state index contributed by atoms with van der Waals surface area (Å²) < 4.78 is 11.5. The van der Waals surface area contributed by atoms with Crippen LogP contribution in [0.1, 0.15) is 50.5 Å². The van der Waals surface area contributed by atoms with Crippen molar-refractivity contribution in [2.24, 2.45) is 11.7 Å². The lowest BCUT2D eigenvalue weighted by Gasteiger charge is -2.28. The number of furan rings is 1. The van der Waals surface area contributed by atoms with Gasteiger partial charge in [-0.25, -0.2) is 0 Å². The number of carbonyl (C=O) groups excluding carboxylic acids is 2. The van der Waals surface area contributed by atoms with Crippen molar-refractivity contribution >= 4 is 33.3 Å². The molecule has 1 atom stereocenters. The maximum atomic E-state index is 13.2. The lowest BCUT2D eigenvalue weighted by Crippen LogP contribution is -2.27. The highest BCUT2D eigenvalue weighted by molar-refractivity contribution is 6.09. The molecule has 2 N–H and O–H groups in total. The van der Waals surface area contributed by atoms with Gasteiger partial charge in [-0.15, -0.1) is 0 Å². The molecule has 5 heteroatoms. The van der Waals surface area contributed by atoms with Crippen LogP contribution in [0.3, 0.4) is 0 Å². The van der Waals surface area contributed by atoms with Crippen molar-refractivity contribution < 1.29 is 18.7 Å². The van der Waals surface area contributed by atoms with Gasteiger partial charge >= 0.3 is 0 Å². The molecule has 5 nitrogen and oxygen atoms in total. The second kappa shape index (κ2) is 8.37. The number of hydrogen-bond acceptors (Lipinski definition) is 5. The monoisotopic (exact) mass is 393 g/mol. The number of nitrogens with two attached hydrogens (primary N) is 1. The molecule has 0 bridgehead atoms. The molecule has 4 rings (SSSR count).